The van der Waals surface area contributed by atoms with Gasteiger partial charge in [-0.2, -0.15) is 4.98 Å². The largest absolute Gasteiger partial charge is 0.503 e. The summed E-state index contributed by atoms with van der Waals surface area (Å²) >= 11 is 0. The predicted molar refractivity (Wildman–Crippen MR) is 42.9 cm³/mol. The summed E-state index contributed by atoms with van der Waals surface area (Å²) in [6.45, 7) is 0. The van der Waals surface area contributed by atoms with Crippen molar-refractivity contribution in [2.45, 2.75) is 0 Å². The van der Waals surface area contributed by atoms with Crippen LogP contribution in [-0.2, 0) is 0 Å². The lowest BCUT2D eigenvalue weighted by Gasteiger charge is -1.98. The number of hydrogen-bond acceptors (Lipinski definition) is 4. The molecule has 0 fully saturated rings. The molecule has 60 valence electrons. The Morgan fingerprint density at radius 1 is 1.25 bits per heavy atom. The Labute approximate surface area is 68.1 Å². The van der Waals surface area contributed by atoms with Gasteiger partial charge < -0.3 is 10.2 Å². The summed E-state index contributed by atoms with van der Waals surface area (Å²) in [4.78, 5) is 7.57. The average Bonchev–Trinajstić information content (AvgIpc) is 2.07. The molecule has 0 aromatic carbocycles. The minimum atomic E-state index is -0.388. The molecule has 0 unspecified atom stereocenters. The zero-order valence-corrected chi connectivity index (χ0v) is 6.10. The zero-order chi connectivity index (χ0) is 8.55. The van der Waals surface area contributed by atoms with Crippen LogP contribution in [-0.4, -0.2) is 20.2 Å². The fourth-order valence-electron chi connectivity index (χ4n) is 0.985. The van der Waals surface area contributed by atoms with Gasteiger partial charge in [0, 0.05) is 11.6 Å². The number of fused-ring (bicyclic) bond motifs is 1. The van der Waals surface area contributed by atoms with E-state index >= 15 is 0 Å². The lowest BCUT2D eigenvalue weighted by atomic mass is 10.3. The molecule has 0 atom stereocenters. The first-order valence-electron chi connectivity index (χ1n) is 3.41. The first-order valence-corrected chi connectivity index (χ1v) is 3.41. The van der Waals surface area contributed by atoms with Gasteiger partial charge in [-0.25, -0.2) is 4.98 Å². The number of nitrogens with zero attached hydrogens (tertiary/aromatic N) is 2. The van der Waals surface area contributed by atoms with Crippen LogP contribution < -0.4 is 0 Å². The van der Waals surface area contributed by atoms with Crippen LogP contribution in [0.1, 0.15) is 0 Å². The molecular weight excluding hydrogens is 156 g/mol. The smallest absolute Gasteiger partial charge is 0.256 e. The Balaban J connectivity index is 2.84. The van der Waals surface area contributed by atoms with Gasteiger partial charge in [0.15, 0.2) is 11.4 Å². The number of aromatic hydroxyl groups is 2. The minimum absolute atomic E-state index is 0.226. The van der Waals surface area contributed by atoms with Gasteiger partial charge in [-0.3, -0.25) is 0 Å². The molecule has 0 saturated carbocycles. The molecule has 0 aliphatic heterocycles. The Morgan fingerprint density at radius 3 is 2.92 bits per heavy atom. The highest BCUT2D eigenvalue weighted by atomic mass is 16.3. The zero-order valence-electron chi connectivity index (χ0n) is 6.10. The lowest BCUT2D eigenvalue weighted by molar-refractivity contribution is 0.390. The van der Waals surface area contributed by atoms with E-state index < -0.39 is 0 Å². The molecule has 0 spiro atoms. The van der Waals surface area contributed by atoms with E-state index in [0.717, 1.165) is 0 Å². The fourth-order valence-corrected chi connectivity index (χ4v) is 0.985. The normalized spacial score (nSPS) is 10.3. The van der Waals surface area contributed by atoms with E-state index in [4.69, 9.17) is 10.2 Å². The summed E-state index contributed by atoms with van der Waals surface area (Å²) in [7, 11) is 0. The van der Waals surface area contributed by atoms with Crippen LogP contribution >= 0.6 is 0 Å². The van der Waals surface area contributed by atoms with Crippen molar-refractivity contribution in [2.24, 2.45) is 0 Å². The quantitative estimate of drug-likeness (QED) is 0.607. The first-order chi connectivity index (χ1) is 5.77. The van der Waals surface area contributed by atoms with Gasteiger partial charge >= 0.3 is 0 Å². The molecule has 0 saturated heterocycles. The van der Waals surface area contributed by atoms with Gasteiger partial charge in [0.1, 0.15) is 0 Å². The summed E-state index contributed by atoms with van der Waals surface area (Å²) < 4.78 is 0. The third kappa shape index (κ3) is 0.934. The highest BCUT2D eigenvalue weighted by Crippen LogP contribution is 2.24. The Bertz CT molecular complexity index is 388. The van der Waals surface area contributed by atoms with E-state index in [1.807, 2.05) is 0 Å². The standard InChI is InChI=1S/C8H6N2O2/c11-6-4-5-2-1-3-9-7(5)10-8(6)12/h1-4,11H,(H,9,10,12). The van der Waals surface area contributed by atoms with Gasteiger partial charge in [0.2, 0.25) is 0 Å². The van der Waals surface area contributed by atoms with Crippen LogP contribution in [0.25, 0.3) is 11.0 Å². The molecule has 2 rings (SSSR count). The summed E-state index contributed by atoms with van der Waals surface area (Å²) in [5.41, 5.74) is 0.424. The maximum atomic E-state index is 9.08. The van der Waals surface area contributed by atoms with Gasteiger partial charge in [-0.05, 0) is 18.2 Å². The second kappa shape index (κ2) is 2.34. The third-order valence-electron chi connectivity index (χ3n) is 1.55. The van der Waals surface area contributed by atoms with Gasteiger partial charge in [-0.1, -0.05) is 0 Å². The molecule has 4 nitrogen and oxygen atoms in total. The maximum absolute atomic E-state index is 9.08. The van der Waals surface area contributed by atoms with Crippen LogP contribution in [0.3, 0.4) is 0 Å². The van der Waals surface area contributed by atoms with E-state index in [0.29, 0.717) is 11.0 Å². The van der Waals surface area contributed by atoms with Crippen molar-refractivity contribution in [1.29, 1.82) is 0 Å². The summed E-state index contributed by atoms with van der Waals surface area (Å²) in [5, 5.41) is 18.8. The van der Waals surface area contributed by atoms with Crippen molar-refractivity contribution in [2.75, 3.05) is 0 Å². The molecule has 2 heterocycles. The topological polar surface area (TPSA) is 66.2 Å². The molecule has 0 amide bonds. The fraction of sp³-hybridized carbons (Fsp3) is 0. The van der Waals surface area contributed by atoms with E-state index in [1.165, 1.54) is 6.07 Å². The first kappa shape index (κ1) is 6.84. The van der Waals surface area contributed by atoms with Crippen LogP contribution in [0.2, 0.25) is 0 Å². The molecule has 0 aliphatic rings. The third-order valence-corrected chi connectivity index (χ3v) is 1.55. The monoisotopic (exact) mass is 162 g/mol. The number of hydrogen-bond donors (Lipinski definition) is 2. The minimum Gasteiger partial charge on any atom is -0.503 e. The molecular formula is C8H6N2O2. The lowest BCUT2D eigenvalue weighted by Crippen LogP contribution is -1.82. The Kier molecular flexibility index (Phi) is 1.33. The van der Waals surface area contributed by atoms with Crippen LogP contribution in [0.15, 0.2) is 24.4 Å². The Hall–Kier alpha value is -1.84. The Morgan fingerprint density at radius 2 is 2.08 bits per heavy atom. The molecule has 4 heteroatoms. The molecule has 0 bridgehead atoms. The summed E-state index contributed by atoms with van der Waals surface area (Å²) in [6, 6.07) is 4.92. The van der Waals surface area contributed by atoms with Crippen LogP contribution in [0.4, 0.5) is 0 Å². The average molecular weight is 162 g/mol. The molecule has 12 heavy (non-hydrogen) atoms. The number of aromatic nitrogens is 2. The molecule has 2 aromatic rings. The van der Waals surface area contributed by atoms with Gasteiger partial charge in [-0.15, -0.1) is 0 Å². The number of rotatable bonds is 0. The second-order valence-corrected chi connectivity index (χ2v) is 2.38. The van der Waals surface area contributed by atoms with E-state index in [2.05, 4.69) is 9.97 Å². The van der Waals surface area contributed by atoms with Gasteiger partial charge in [0.25, 0.3) is 5.88 Å². The van der Waals surface area contributed by atoms with Gasteiger partial charge in [0.05, 0.1) is 0 Å². The SMILES string of the molecule is Oc1cc2cccnc2nc1O. The molecule has 2 aromatic heterocycles. The summed E-state index contributed by atoms with van der Waals surface area (Å²) in [5.74, 6) is -0.614. The molecule has 0 radical (unpaired) electrons. The van der Waals surface area contributed by atoms with Crippen molar-refractivity contribution >= 4 is 11.0 Å². The van der Waals surface area contributed by atoms with E-state index in [-0.39, 0.29) is 11.6 Å². The molecule has 2 N–H and O–H groups in total. The van der Waals surface area contributed by atoms with Crippen LogP contribution in [0.5, 0.6) is 11.6 Å². The van der Waals surface area contributed by atoms with Crippen LogP contribution in [0, 0.1) is 0 Å². The highest BCUT2D eigenvalue weighted by molar-refractivity contribution is 5.76. The maximum Gasteiger partial charge on any atom is 0.256 e. The van der Waals surface area contributed by atoms with Crippen molar-refractivity contribution in [3.05, 3.63) is 24.4 Å². The van der Waals surface area contributed by atoms with Crippen molar-refractivity contribution in [3.63, 3.8) is 0 Å². The second-order valence-electron chi connectivity index (χ2n) is 2.38. The number of pyridine rings is 2. The summed E-state index contributed by atoms with van der Waals surface area (Å²) in [6.07, 6.45) is 1.58. The molecule has 0 aliphatic carbocycles. The van der Waals surface area contributed by atoms with E-state index in [1.54, 1.807) is 18.3 Å². The predicted octanol–water partition coefficient (Wildman–Crippen LogP) is 1.04. The van der Waals surface area contributed by atoms with Crippen molar-refractivity contribution < 1.29 is 10.2 Å². The highest BCUT2D eigenvalue weighted by Gasteiger charge is 2.02. The van der Waals surface area contributed by atoms with Crippen molar-refractivity contribution in [1.82, 2.24) is 9.97 Å². The van der Waals surface area contributed by atoms with E-state index in [9.17, 15) is 0 Å². The van der Waals surface area contributed by atoms with Crippen molar-refractivity contribution in [3.8, 4) is 11.6 Å².